The summed E-state index contributed by atoms with van der Waals surface area (Å²) in [5, 5.41) is 0. The van der Waals surface area contributed by atoms with Crippen LogP contribution in [0.25, 0.3) is 0 Å². The Hall–Kier alpha value is -1.58. The van der Waals surface area contributed by atoms with Gasteiger partial charge in [-0.2, -0.15) is 0 Å². The standard InChI is InChI=1S/C8H13NO.C6H9NO/c1-2-9-7-5-3-4-6-8(9)10;1-2-7-5-3-4-6(7)8/h2H,1,3-7H2;2H,1,3-5H2. The monoisotopic (exact) mass is 250 g/mol. The van der Waals surface area contributed by atoms with Crippen molar-refractivity contribution in [2.75, 3.05) is 13.1 Å². The summed E-state index contributed by atoms with van der Waals surface area (Å²) in [4.78, 5) is 25.1. The van der Waals surface area contributed by atoms with Crippen LogP contribution in [-0.2, 0) is 9.59 Å². The highest BCUT2D eigenvalue weighted by atomic mass is 16.2. The predicted molar refractivity (Wildman–Crippen MR) is 71.5 cm³/mol. The Labute approximate surface area is 109 Å². The molecule has 0 atom stereocenters. The number of amides is 2. The number of nitrogens with zero attached hydrogens (tertiary/aromatic N) is 2. The van der Waals surface area contributed by atoms with Crippen LogP contribution in [0.5, 0.6) is 0 Å². The van der Waals surface area contributed by atoms with E-state index in [0.29, 0.717) is 12.8 Å². The van der Waals surface area contributed by atoms with E-state index in [0.717, 1.165) is 32.4 Å². The van der Waals surface area contributed by atoms with E-state index >= 15 is 0 Å². The average molecular weight is 250 g/mol. The van der Waals surface area contributed by atoms with Crippen molar-refractivity contribution in [2.45, 2.75) is 38.5 Å². The Morgan fingerprint density at radius 3 is 1.72 bits per heavy atom. The lowest BCUT2D eigenvalue weighted by Crippen LogP contribution is -2.23. The quantitative estimate of drug-likeness (QED) is 0.754. The highest BCUT2D eigenvalue weighted by Gasteiger charge is 2.16. The van der Waals surface area contributed by atoms with Crippen molar-refractivity contribution >= 4 is 11.8 Å². The first-order valence-electron chi connectivity index (χ1n) is 6.53. The van der Waals surface area contributed by atoms with Gasteiger partial charge in [0.2, 0.25) is 11.8 Å². The van der Waals surface area contributed by atoms with E-state index in [9.17, 15) is 9.59 Å². The second-order valence-electron chi connectivity index (χ2n) is 4.45. The number of carbonyl (C=O) groups is 2. The molecule has 0 radical (unpaired) electrons. The smallest absolute Gasteiger partial charge is 0.226 e. The summed E-state index contributed by atoms with van der Waals surface area (Å²) >= 11 is 0. The molecule has 0 aromatic carbocycles. The molecule has 2 rings (SSSR count). The van der Waals surface area contributed by atoms with Gasteiger partial charge in [0.25, 0.3) is 0 Å². The maximum atomic E-state index is 11.1. The van der Waals surface area contributed by atoms with E-state index in [1.54, 1.807) is 22.2 Å². The van der Waals surface area contributed by atoms with Crippen LogP contribution in [0.2, 0.25) is 0 Å². The van der Waals surface area contributed by atoms with Crippen LogP contribution >= 0.6 is 0 Å². The maximum absolute atomic E-state index is 11.1. The zero-order valence-electron chi connectivity index (χ0n) is 10.9. The molecule has 2 fully saturated rings. The van der Waals surface area contributed by atoms with Gasteiger partial charge in [-0.25, -0.2) is 0 Å². The van der Waals surface area contributed by atoms with Crippen molar-refractivity contribution in [3.63, 3.8) is 0 Å². The van der Waals surface area contributed by atoms with Gasteiger partial charge in [0.05, 0.1) is 0 Å². The third-order valence-electron chi connectivity index (χ3n) is 3.16. The molecule has 2 amide bonds. The first kappa shape index (κ1) is 14.5. The largest absolute Gasteiger partial charge is 0.320 e. The van der Waals surface area contributed by atoms with Gasteiger partial charge in [-0.05, 0) is 31.7 Å². The predicted octanol–water partition coefficient (Wildman–Crippen LogP) is 2.28. The van der Waals surface area contributed by atoms with E-state index in [1.807, 2.05) is 0 Å². The second-order valence-corrected chi connectivity index (χ2v) is 4.45. The summed E-state index contributed by atoms with van der Waals surface area (Å²) in [6.07, 6.45) is 8.96. The molecular formula is C14H22N2O2. The Morgan fingerprint density at radius 1 is 0.778 bits per heavy atom. The molecule has 4 nitrogen and oxygen atoms in total. The molecule has 2 saturated heterocycles. The SMILES string of the molecule is C=CN1CCCC1=O.C=CN1CCCCCC1=O. The van der Waals surface area contributed by atoms with Gasteiger partial charge in [-0.3, -0.25) is 9.59 Å². The second kappa shape index (κ2) is 7.69. The Bertz CT molecular complexity index is 326. The summed E-state index contributed by atoms with van der Waals surface area (Å²) in [5.74, 6) is 0.438. The molecule has 0 unspecified atom stereocenters. The molecule has 100 valence electrons. The van der Waals surface area contributed by atoms with Crippen molar-refractivity contribution in [1.82, 2.24) is 9.80 Å². The zero-order chi connectivity index (χ0) is 13.4. The fourth-order valence-electron chi connectivity index (χ4n) is 2.06. The molecule has 0 aromatic rings. The van der Waals surface area contributed by atoms with Crippen molar-refractivity contribution in [2.24, 2.45) is 0 Å². The van der Waals surface area contributed by atoms with E-state index in [-0.39, 0.29) is 11.8 Å². The molecule has 0 N–H and O–H groups in total. The number of carbonyl (C=O) groups excluding carboxylic acids is 2. The van der Waals surface area contributed by atoms with Gasteiger partial charge < -0.3 is 9.80 Å². The van der Waals surface area contributed by atoms with E-state index in [4.69, 9.17) is 0 Å². The molecule has 0 spiro atoms. The Balaban J connectivity index is 0.000000184. The molecule has 0 bridgehead atoms. The van der Waals surface area contributed by atoms with Crippen LogP contribution in [0.4, 0.5) is 0 Å². The molecule has 2 aliphatic rings. The third kappa shape index (κ3) is 4.35. The fourth-order valence-corrected chi connectivity index (χ4v) is 2.06. The van der Waals surface area contributed by atoms with Gasteiger partial charge in [-0.15, -0.1) is 0 Å². The molecule has 2 heterocycles. The van der Waals surface area contributed by atoms with E-state index in [2.05, 4.69) is 13.2 Å². The van der Waals surface area contributed by atoms with Gasteiger partial charge in [0, 0.05) is 25.9 Å². The normalized spacial score (nSPS) is 20.0. The minimum Gasteiger partial charge on any atom is -0.320 e. The van der Waals surface area contributed by atoms with Crippen molar-refractivity contribution in [1.29, 1.82) is 0 Å². The number of likely N-dealkylation sites (tertiary alicyclic amines) is 2. The van der Waals surface area contributed by atoms with Gasteiger partial charge in [-0.1, -0.05) is 19.6 Å². The first-order chi connectivity index (χ1) is 8.69. The number of rotatable bonds is 2. The molecular weight excluding hydrogens is 228 g/mol. The third-order valence-corrected chi connectivity index (χ3v) is 3.16. The summed E-state index contributed by atoms with van der Waals surface area (Å²) < 4.78 is 0. The lowest BCUT2D eigenvalue weighted by molar-refractivity contribution is -0.128. The van der Waals surface area contributed by atoms with Crippen LogP contribution in [-0.4, -0.2) is 34.7 Å². The number of hydrogen-bond acceptors (Lipinski definition) is 2. The average Bonchev–Trinajstić information content (AvgIpc) is 2.68. The van der Waals surface area contributed by atoms with E-state index < -0.39 is 0 Å². The molecule has 0 aliphatic carbocycles. The summed E-state index contributed by atoms with van der Waals surface area (Å²) in [6.45, 7) is 8.81. The van der Waals surface area contributed by atoms with Crippen molar-refractivity contribution < 1.29 is 9.59 Å². The first-order valence-corrected chi connectivity index (χ1v) is 6.53. The van der Waals surface area contributed by atoms with Crippen LogP contribution in [0.3, 0.4) is 0 Å². The Morgan fingerprint density at radius 2 is 1.28 bits per heavy atom. The van der Waals surface area contributed by atoms with Crippen LogP contribution in [0.15, 0.2) is 25.6 Å². The molecule has 0 aromatic heterocycles. The summed E-state index contributed by atoms with van der Waals surface area (Å²) in [6, 6.07) is 0. The minimum atomic E-state index is 0.208. The van der Waals surface area contributed by atoms with Crippen LogP contribution < -0.4 is 0 Å². The van der Waals surface area contributed by atoms with E-state index in [1.165, 1.54) is 6.42 Å². The van der Waals surface area contributed by atoms with Gasteiger partial charge in [0.1, 0.15) is 0 Å². The topological polar surface area (TPSA) is 40.6 Å². The Kier molecular flexibility index (Phi) is 6.19. The lowest BCUT2D eigenvalue weighted by Gasteiger charge is -2.13. The highest BCUT2D eigenvalue weighted by Crippen LogP contribution is 2.10. The molecule has 2 aliphatic heterocycles. The highest BCUT2D eigenvalue weighted by molar-refractivity contribution is 5.79. The van der Waals surface area contributed by atoms with Gasteiger partial charge >= 0.3 is 0 Å². The number of hydrogen-bond donors (Lipinski definition) is 0. The van der Waals surface area contributed by atoms with Crippen molar-refractivity contribution in [3.05, 3.63) is 25.6 Å². The summed E-state index contributed by atoms with van der Waals surface area (Å²) in [5.41, 5.74) is 0. The maximum Gasteiger partial charge on any atom is 0.226 e. The summed E-state index contributed by atoms with van der Waals surface area (Å²) in [7, 11) is 0. The van der Waals surface area contributed by atoms with Crippen LogP contribution in [0.1, 0.15) is 38.5 Å². The van der Waals surface area contributed by atoms with Gasteiger partial charge in [0.15, 0.2) is 0 Å². The lowest BCUT2D eigenvalue weighted by atomic mass is 10.2. The zero-order valence-corrected chi connectivity index (χ0v) is 10.9. The fraction of sp³-hybridized carbons (Fsp3) is 0.571. The van der Waals surface area contributed by atoms with Crippen molar-refractivity contribution in [3.8, 4) is 0 Å². The molecule has 4 heteroatoms. The molecule has 0 saturated carbocycles. The minimum absolute atomic E-state index is 0.208. The van der Waals surface area contributed by atoms with Crippen LogP contribution in [0, 0.1) is 0 Å². The molecule has 18 heavy (non-hydrogen) atoms.